The molecule has 0 aromatic heterocycles. The lowest BCUT2D eigenvalue weighted by molar-refractivity contribution is 1.65. The lowest BCUT2D eigenvalue weighted by Crippen LogP contribution is -1.78. The van der Waals surface area contributed by atoms with Crippen LogP contribution in [0.15, 0.2) is 73.8 Å². The summed E-state index contributed by atoms with van der Waals surface area (Å²) >= 11 is 0. The first kappa shape index (κ1) is 11.8. The monoisotopic (exact) mass is 238 g/mol. The summed E-state index contributed by atoms with van der Waals surface area (Å²) in [4.78, 5) is 0. The molecule has 0 unspecified atom stereocenters. The van der Waals surface area contributed by atoms with Crippen LogP contribution < -0.4 is 0 Å². The van der Waals surface area contributed by atoms with Crippen molar-refractivity contribution >= 4 is 19.2 Å². The van der Waals surface area contributed by atoms with Crippen LogP contribution in [0.4, 0.5) is 0 Å². The largest absolute Gasteiger partial charge is 0.0906 e. The van der Waals surface area contributed by atoms with E-state index in [1.165, 1.54) is 11.1 Å². The molecule has 0 radical (unpaired) electrons. The van der Waals surface area contributed by atoms with Crippen molar-refractivity contribution in [2.24, 2.45) is 0 Å². The highest BCUT2D eigenvalue weighted by Crippen LogP contribution is 2.42. The molecule has 17 heavy (non-hydrogen) atoms. The summed E-state index contributed by atoms with van der Waals surface area (Å²) in [5, 5.41) is 2.28. The summed E-state index contributed by atoms with van der Waals surface area (Å²) in [6, 6.07) is 20.6. The SMILES string of the molecule is C=C(PC(=C)c1ccccc1)c1ccccc1. The van der Waals surface area contributed by atoms with Gasteiger partial charge < -0.3 is 0 Å². The molecule has 0 saturated heterocycles. The minimum absolute atomic E-state index is 0.546. The Morgan fingerprint density at radius 3 is 1.35 bits per heavy atom. The van der Waals surface area contributed by atoms with Gasteiger partial charge in [-0.15, -0.1) is 0 Å². The summed E-state index contributed by atoms with van der Waals surface area (Å²) in [5.41, 5.74) is 2.39. The molecule has 0 amide bonds. The molecule has 2 aromatic carbocycles. The zero-order valence-corrected chi connectivity index (χ0v) is 10.7. The third-order valence-corrected chi connectivity index (χ3v) is 3.73. The first-order valence-corrected chi connectivity index (χ1v) is 6.53. The predicted octanol–water partition coefficient (Wildman–Crippen LogP) is 5.01. The van der Waals surface area contributed by atoms with Crippen LogP contribution in [0.5, 0.6) is 0 Å². The Morgan fingerprint density at radius 1 is 0.647 bits per heavy atom. The van der Waals surface area contributed by atoms with Crippen LogP contribution in [0, 0.1) is 0 Å². The second-order valence-electron chi connectivity index (χ2n) is 3.81. The van der Waals surface area contributed by atoms with Crippen molar-refractivity contribution in [3.05, 3.63) is 84.9 Å². The smallest absolute Gasteiger partial charge is 0.0185 e. The van der Waals surface area contributed by atoms with Crippen LogP contribution in [0.1, 0.15) is 11.1 Å². The molecule has 0 aliphatic carbocycles. The van der Waals surface area contributed by atoms with Crippen LogP contribution in [-0.4, -0.2) is 0 Å². The fraction of sp³-hybridized carbons (Fsp3) is 0. The summed E-state index contributed by atoms with van der Waals surface area (Å²) in [7, 11) is 0.546. The van der Waals surface area contributed by atoms with Crippen molar-refractivity contribution < 1.29 is 0 Å². The number of rotatable bonds is 4. The maximum absolute atomic E-state index is 4.14. The van der Waals surface area contributed by atoms with Crippen LogP contribution in [0.3, 0.4) is 0 Å². The highest BCUT2D eigenvalue weighted by Gasteiger charge is 2.02. The van der Waals surface area contributed by atoms with Gasteiger partial charge in [-0.2, -0.15) is 0 Å². The van der Waals surface area contributed by atoms with E-state index in [2.05, 4.69) is 37.4 Å². The molecule has 0 heterocycles. The Morgan fingerprint density at radius 2 is 1.00 bits per heavy atom. The average molecular weight is 238 g/mol. The molecule has 0 nitrogen and oxygen atoms in total. The van der Waals surface area contributed by atoms with E-state index in [1.54, 1.807) is 0 Å². The Kier molecular flexibility index (Phi) is 3.90. The zero-order chi connectivity index (χ0) is 12.1. The van der Waals surface area contributed by atoms with Crippen LogP contribution in [0.25, 0.3) is 10.6 Å². The molecular formula is C16H15P. The molecule has 2 rings (SSSR count). The lowest BCUT2D eigenvalue weighted by Gasteiger charge is -2.09. The van der Waals surface area contributed by atoms with Crippen LogP contribution >= 0.6 is 8.58 Å². The highest BCUT2D eigenvalue weighted by molar-refractivity contribution is 7.61. The van der Waals surface area contributed by atoms with Gasteiger partial charge >= 0.3 is 0 Å². The fourth-order valence-corrected chi connectivity index (χ4v) is 2.59. The van der Waals surface area contributed by atoms with Gasteiger partial charge in [0.15, 0.2) is 0 Å². The van der Waals surface area contributed by atoms with E-state index in [-0.39, 0.29) is 0 Å². The van der Waals surface area contributed by atoms with Crippen LogP contribution in [-0.2, 0) is 0 Å². The first-order valence-electron chi connectivity index (χ1n) is 5.53. The molecular weight excluding hydrogens is 223 g/mol. The number of hydrogen-bond donors (Lipinski definition) is 0. The topological polar surface area (TPSA) is 0 Å². The first-order chi connectivity index (χ1) is 8.27. The van der Waals surface area contributed by atoms with Gasteiger partial charge in [0.05, 0.1) is 0 Å². The van der Waals surface area contributed by atoms with E-state index >= 15 is 0 Å². The van der Waals surface area contributed by atoms with Crippen molar-refractivity contribution in [3.63, 3.8) is 0 Å². The van der Waals surface area contributed by atoms with Crippen molar-refractivity contribution in [1.29, 1.82) is 0 Å². The Hall–Kier alpha value is -1.65. The molecule has 0 N–H and O–H groups in total. The van der Waals surface area contributed by atoms with Crippen molar-refractivity contribution in [1.82, 2.24) is 0 Å². The molecule has 0 aliphatic rings. The third kappa shape index (κ3) is 3.15. The molecule has 1 heteroatoms. The molecule has 0 saturated carbocycles. The second kappa shape index (κ2) is 5.61. The van der Waals surface area contributed by atoms with E-state index in [4.69, 9.17) is 0 Å². The standard InChI is InChI=1S/C16H15P/c1-13(15-9-5-3-6-10-15)17-14(2)16-11-7-4-8-12-16/h3-12,17H,1-2H2. The molecule has 0 fully saturated rings. The third-order valence-electron chi connectivity index (χ3n) is 2.55. The van der Waals surface area contributed by atoms with Gasteiger partial charge in [0, 0.05) is 0 Å². The van der Waals surface area contributed by atoms with Gasteiger partial charge in [-0.3, -0.25) is 0 Å². The van der Waals surface area contributed by atoms with E-state index in [9.17, 15) is 0 Å². The van der Waals surface area contributed by atoms with Crippen molar-refractivity contribution in [2.45, 2.75) is 0 Å². The molecule has 2 aromatic rings. The van der Waals surface area contributed by atoms with Crippen molar-refractivity contribution in [3.8, 4) is 0 Å². The maximum Gasteiger partial charge on any atom is -0.0185 e. The molecule has 84 valence electrons. The lowest BCUT2D eigenvalue weighted by atomic mass is 10.2. The Balaban J connectivity index is 2.08. The second-order valence-corrected chi connectivity index (χ2v) is 5.27. The zero-order valence-electron chi connectivity index (χ0n) is 9.69. The Bertz CT molecular complexity index is 462. The summed E-state index contributed by atoms with van der Waals surface area (Å²) < 4.78 is 0. The summed E-state index contributed by atoms with van der Waals surface area (Å²) in [5.74, 6) is 0. The van der Waals surface area contributed by atoms with Gasteiger partial charge in [-0.05, 0) is 21.8 Å². The van der Waals surface area contributed by atoms with Crippen LogP contribution in [0.2, 0.25) is 0 Å². The van der Waals surface area contributed by atoms with Gasteiger partial charge in [-0.1, -0.05) is 82.4 Å². The summed E-state index contributed by atoms with van der Waals surface area (Å²) in [6.07, 6.45) is 0. The average Bonchev–Trinajstić information content (AvgIpc) is 2.40. The molecule has 0 bridgehead atoms. The minimum Gasteiger partial charge on any atom is -0.0906 e. The maximum atomic E-state index is 4.14. The fourth-order valence-electron chi connectivity index (χ4n) is 1.61. The molecule has 0 spiro atoms. The number of benzene rings is 2. The highest BCUT2D eigenvalue weighted by atomic mass is 31.1. The Labute approximate surface area is 104 Å². The molecule has 0 aliphatic heterocycles. The predicted molar refractivity (Wildman–Crippen MR) is 79.3 cm³/mol. The molecule has 0 atom stereocenters. The summed E-state index contributed by atoms with van der Waals surface area (Å²) in [6.45, 7) is 8.28. The normalized spacial score (nSPS) is 9.88. The van der Waals surface area contributed by atoms with Gasteiger partial charge in [0.1, 0.15) is 0 Å². The van der Waals surface area contributed by atoms with E-state index in [0.717, 1.165) is 10.6 Å². The number of hydrogen-bond acceptors (Lipinski definition) is 0. The quantitative estimate of drug-likeness (QED) is 0.657. The van der Waals surface area contributed by atoms with E-state index in [0.29, 0.717) is 8.58 Å². The minimum atomic E-state index is 0.546. The van der Waals surface area contributed by atoms with Gasteiger partial charge in [0.25, 0.3) is 0 Å². The van der Waals surface area contributed by atoms with Gasteiger partial charge in [-0.25, -0.2) is 0 Å². The van der Waals surface area contributed by atoms with E-state index in [1.807, 2.05) is 36.4 Å². The van der Waals surface area contributed by atoms with Gasteiger partial charge in [0.2, 0.25) is 0 Å². The van der Waals surface area contributed by atoms with Crippen molar-refractivity contribution in [2.75, 3.05) is 0 Å². The van der Waals surface area contributed by atoms with E-state index < -0.39 is 0 Å².